The van der Waals surface area contributed by atoms with E-state index < -0.39 is 11.1 Å². The summed E-state index contributed by atoms with van der Waals surface area (Å²) in [6, 6.07) is 0. The molecule has 3 heterocycles. The molecule has 19 heavy (non-hydrogen) atoms. The maximum atomic E-state index is 6.35. The van der Waals surface area contributed by atoms with Gasteiger partial charge in [-0.3, -0.25) is 0 Å². The molecule has 2 saturated heterocycles. The van der Waals surface area contributed by atoms with Gasteiger partial charge in [0, 0.05) is 19.8 Å². The molecule has 0 saturated carbocycles. The van der Waals surface area contributed by atoms with Gasteiger partial charge in [-0.15, -0.1) is 0 Å². The first-order valence-electron chi connectivity index (χ1n) is 6.98. The molecule has 1 unspecified atom stereocenters. The Morgan fingerprint density at radius 1 is 1.11 bits per heavy atom. The minimum absolute atomic E-state index is 0.429. The van der Waals surface area contributed by atoms with Crippen molar-refractivity contribution in [1.29, 1.82) is 0 Å². The molecule has 0 bridgehead atoms. The number of ether oxygens (including phenoxy) is 2. The van der Waals surface area contributed by atoms with Gasteiger partial charge in [-0.05, 0) is 39.0 Å². The van der Waals surface area contributed by atoms with Crippen LogP contribution in [0.3, 0.4) is 0 Å². The summed E-state index contributed by atoms with van der Waals surface area (Å²) in [6.45, 7) is 4.06. The van der Waals surface area contributed by atoms with Gasteiger partial charge in [-0.1, -0.05) is 5.16 Å². The Morgan fingerprint density at radius 2 is 1.89 bits per heavy atom. The lowest BCUT2D eigenvalue weighted by Crippen LogP contribution is -2.42. The van der Waals surface area contributed by atoms with Crippen LogP contribution in [0.1, 0.15) is 50.7 Å². The van der Waals surface area contributed by atoms with Crippen LogP contribution < -0.4 is 5.73 Å². The predicted octanol–water partition coefficient (Wildman–Crippen LogP) is 1.45. The molecular weight excluding hydrogens is 246 g/mol. The number of rotatable bonds is 2. The van der Waals surface area contributed by atoms with E-state index in [2.05, 4.69) is 10.1 Å². The summed E-state index contributed by atoms with van der Waals surface area (Å²) in [6.07, 6.45) is 4.57. The molecule has 6 heteroatoms. The molecule has 6 nitrogen and oxygen atoms in total. The van der Waals surface area contributed by atoms with Crippen LogP contribution in [-0.2, 0) is 20.6 Å². The number of nitrogens with zero attached hydrogens (tertiary/aromatic N) is 2. The van der Waals surface area contributed by atoms with Crippen molar-refractivity contribution in [3.63, 3.8) is 0 Å². The molecule has 1 atom stereocenters. The third-order valence-corrected chi connectivity index (χ3v) is 4.18. The molecule has 2 N–H and O–H groups in total. The van der Waals surface area contributed by atoms with E-state index in [-0.39, 0.29) is 0 Å². The molecule has 1 aromatic rings. The molecule has 0 amide bonds. The maximum absolute atomic E-state index is 6.35. The highest BCUT2D eigenvalue weighted by Gasteiger charge is 2.40. The van der Waals surface area contributed by atoms with Crippen LogP contribution in [0.2, 0.25) is 0 Å². The minimum atomic E-state index is -0.547. The summed E-state index contributed by atoms with van der Waals surface area (Å²) in [5, 5.41) is 4.10. The minimum Gasteiger partial charge on any atom is -0.381 e. The van der Waals surface area contributed by atoms with Crippen molar-refractivity contribution in [2.45, 2.75) is 50.2 Å². The first kappa shape index (κ1) is 13.0. The van der Waals surface area contributed by atoms with E-state index in [1.54, 1.807) is 0 Å². The highest BCUT2D eigenvalue weighted by Crippen LogP contribution is 2.35. The summed E-state index contributed by atoms with van der Waals surface area (Å²) in [4.78, 5) is 4.52. The Bertz CT molecular complexity index is 396. The second-order valence-corrected chi connectivity index (χ2v) is 5.73. The normalized spacial score (nSPS) is 31.3. The highest BCUT2D eigenvalue weighted by molar-refractivity contribution is 5.07. The summed E-state index contributed by atoms with van der Waals surface area (Å²) in [7, 11) is 0. The van der Waals surface area contributed by atoms with Crippen molar-refractivity contribution < 1.29 is 14.0 Å². The topological polar surface area (TPSA) is 83.4 Å². The van der Waals surface area contributed by atoms with Crippen LogP contribution in [0.15, 0.2) is 4.52 Å². The lowest BCUT2D eigenvalue weighted by molar-refractivity contribution is -0.0770. The molecule has 2 aliphatic heterocycles. The van der Waals surface area contributed by atoms with E-state index in [1.165, 1.54) is 0 Å². The maximum Gasteiger partial charge on any atom is 0.247 e. The molecule has 1 aromatic heterocycles. The van der Waals surface area contributed by atoms with E-state index in [0.29, 0.717) is 37.8 Å². The summed E-state index contributed by atoms with van der Waals surface area (Å²) in [5.41, 5.74) is 5.37. The molecular formula is C13H21N3O3. The van der Waals surface area contributed by atoms with Crippen LogP contribution in [0.25, 0.3) is 0 Å². The fourth-order valence-corrected chi connectivity index (χ4v) is 2.70. The Kier molecular flexibility index (Phi) is 3.32. The fraction of sp³-hybridized carbons (Fsp3) is 0.846. The van der Waals surface area contributed by atoms with Gasteiger partial charge in [0.1, 0.15) is 11.1 Å². The average molecular weight is 267 g/mol. The molecule has 0 spiro atoms. The van der Waals surface area contributed by atoms with Crippen LogP contribution in [0.4, 0.5) is 0 Å². The van der Waals surface area contributed by atoms with Crippen LogP contribution in [0.5, 0.6) is 0 Å². The molecule has 106 valence electrons. The van der Waals surface area contributed by atoms with Gasteiger partial charge in [0.25, 0.3) is 0 Å². The zero-order valence-electron chi connectivity index (χ0n) is 11.4. The quantitative estimate of drug-likeness (QED) is 0.873. The van der Waals surface area contributed by atoms with E-state index in [0.717, 1.165) is 25.9 Å². The number of hydrogen-bond acceptors (Lipinski definition) is 6. The Morgan fingerprint density at radius 3 is 2.58 bits per heavy atom. The van der Waals surface area contributed by atoms with Crippen LogP contribution >= 0.6 is 0 Å². The zero-order valence-corrected chi connectivity index (χ0v) is 11.4. The number of nitrogens with two attached hydrogens (primary N) is 1. The van der Waals surface area contributed by atoms with Crippen LogP contribution in [0, 0.1) is 0 Å². The molecule has 0 aliphatic carbocycles. The largest absolute Gasteiger partial charge is 0.381 e. The fourth-order valence-electron chi connectivity index (χ4n) is 2.70. The summed E-state index contributed by atoms with van der Waals surface area (Å²) < 4.78 is 16.6. The lowest BCUT2D eigenvalue weighted by atomic mass is 9.91. The van der Waals surface area contributed by atoms with Gasteiger partial charge in [-0.2, -0.15) is 4.98 Å². The van der Waals surface area contributed by atoms with Gasteiger partial charge in [0.05, 0.1) is 0 Å². The molecule has 0 radical (unpaired) electrons. The molecule has 2 fully saturated rings. The van der Waals surface area contributed by atoms with Gasteiger partial charge in [0.2, 0.25) is 11.7 Å². The second kappa shape index (κ2) is 4.85. The summed E-state index contributed by atoms with van der Waals surface area (Å²) >= 11 is 0. The van der Waals surface area contributed by atoms with E-state index in [1.807, 2.05) is 6.92 Å². The van der Waals surface area contributed by atoms with E-state index in [4.69, 9.17) is 19.7 Å². The third kappa shape index (κ3) is 2.40. The van der Waals surface area contributed by atoms with Crippen LogP contribution in [-0.4, -0.2) is 30.0 Å². The van der Waals surface area contributed by atoms with Gasteiger partial charge in [-0.25, -0.2) is 0 Å². The standard InChI is InChI=1S/C13H21N3O3/c1-12(4-2-3-7-18-12)10-15-11(19-16-10)13(14)5-8-17-9-6-13/h2-9,14H2,1H3. The molecule has 3 rings (SSSR count). The van der Waals surface area contributed by atoms with Crippen molar-refractivity contribution in [2.24, 2.45) is 5.73 Å². The third-order valence-electron chi connectivity index (χ3n) is 4.18. The number of aromatic nitrogens is 2. The zero-order chi connectivity index (χ0) is 13.3. The average Bonchev–Trinajstić information content (AvgIpc) is 2.91. The SMILES string of the molecule is CC1(c2noc(C3(N)CCOCC3)n2)CCCCO1. The lowest BCUT2D eigenvalue weighted by Gasteiger charge is -2.31. The first-order valence-corrected chi connectivity index (χ1v) is 6.98. The Balaban J connectivity index is 1.82. The Labute approximate surface area is 112 Å². The summed E-state index contributed by atoms with van der Waals surface area (Å²) in [5.74, 6) is 1.14. The van der Waals surface area contributed by atoms with Gasteiger partial charge in [0.15, 0.2) is 0 Å². The smallest absolute Gasteiger partial charge is 0.247 e. The highest BCUT2D eigenvalue weighted by atomic mass is 16.5. The van der Waals surface area contributed by atoms with Gasteiger partial charge >= 0.3 is 0 Å². The monoisotopic (exact) mass is 267 g/mol. The van der Waals surface area contributed by atoms with Gasteiger partial charge < -0.3 is 19.7 Å². The van der Waals surface area contributed by atoms with Crippen molar-refractivity contribution in [2.75, 3.05) is 19.8 Å². The first-order chi connectivity index (χ1) is 9.12. The molecule has 0 aromatic carbocycles. The van der Waals surface area contributed by atoms with Crippen molar-refractivity contribution in [3.05, 3.63) is 11.7 Å². The van der Waals surface area contributed by atoms with Crippen molar-refractivity contribution >= 4 is 0 Å². The number of hydrogen-bond donors (Lipinski definition) is 1. The Hall–Kier alpha value is -0.980. The van der Waals surface area contributed by atoms with Crippen molar-refractivity contribution in [3.8, 4) is 0 Å². The molecule has 2 aliphatic rings. The van der Waals surface area contributed by atoms with E-state index in [9.17, 15) is 0 Å². The van der Waals surface area contributed by atoms with Crippen molar-refractivity contribution in [1.82, 2.24) is 10.1 Å². The van der Waals surface area contributed by atoms with E-state index >= 15 is 0 Å². The predicted molar refractivity (Wildman–Crippen MR) is 67.4 cm³/mol. The second-order valence-electron chi connectivity index (χ2n) is 5.73.